The van der Waals surface area contributed by atoms with Gasteiger partial charge in [-0.2, -0.15) is 0 Å². The predicted molar refractivity (Wildman–Crippen MR) is 190 cm³/mol. The quantitative estimate of drug-likeness (QED) is 0.123. The van der Waals surface area contributed by atoms with E-state index >= 15 is 0 Å². The highest BCUT2D eigenvalue weighted by molar-refractivity contribution is 7.10. The fourth-order valence-electron chi connectivity index (χ4n) is 7.24. The van der Waals surface area contributed by atoms with Gasteiger partial charge < -0.3 is 30.8 Å². The second kappa shape index (κ2) is 17.2. The molecule has 0 bridgehead atoms. The van der Waals surface area contributed by atoms with Crippen molar-refractivity contribution in [2.45, 2.75) is 82.1 Å². The van der Waals surface area contributed by atoms with Gasteiger partial charge in [-0.1, -0.05) is 80.6 Å². The van der Waals surface area contributed by atoms with Crippen LogP contribution in [0.4, 0.5) is 0 Å². The Kier molecular flexibility index (Phi) is 12.2. The number of Topliss-reactive ketones (excluding diaryl/α,β-unsaturated/α-hetero) is 1. The van der Waals surface area contributed by atoms with Crippen LogP contribution in [-0.4, -0.2) is 70.6 Å². The largest absolute Gasteiger partial charge is 0.385 e. The highest BCUT2D eigenvalue weighted by Crippen LogP contribution is 2.32. The highest BCUT2D eigenvalue weighted by atomic mass is 32.1. The summed E-state index contributed by atoms with van der Waals surface area (Å²) in [6.07, 6.45) is 8.46. The molecule has 1 saturated carbocycles. The number of hydrogen-bond acceptors (Lipinski definition) is 8. The molecule has 1 saturated heterocycles. The zero-order chi connectivity index (χ0) is 34.0. The number of aliphatic hydroxyl groups is 1. The third-order valence-corrected chi connectivity index (χ3v) is 10.9. The van der Waals surface area contributed by atoms with E-state index in [1.54, 1.807) is 12.5 Å². The highest BCUT2D eigenvalue weighted by Gasteiger charge is 2.34. The molecule has 10 nitrogen and oxygen atoms in total. The minimum absolute atomic E-state index is 0.0266. The number of fused-ring (bicyclic) bond motifs is 1. The van der Waals surface area contributed by atoms with Crippen molar-refractivity contribution in [1.29, 1.82) is 0 Å². The van der Waals surface area contributed by atoms with E-state index in [1.165, 1.54) is 17.8 Å². The number of rotatable bonds is 15. The lowest BCUT2D eigenvalue weighted by Crippen LogP contribution is -2.53. The Bertz CT molecular complexity index is 1640. The monoisotopic (exact) mass is 685 g/mol. The van der Waals surface area contributed by atoms with Crippen molar-refractivity contribution in [3.05, 3.63) is 88.6 Å². The molecule has 3 heterocycles. The normalized spacial score (nSPS) is 19.5. The molecule has 2 fully saturated rings. The molecule has 1 aliphatic carbocycles. The number of nitrogens with one attached hydrogen (secondary N) is 4. The number of imidazole rings is 1. The van der Waals surface area contributed by atoms with Gasteiger partial charge in [0.15, 0.2) is 5.78 Å². The summed E-state index contributed by atoms with van der Waals surface area (Å²) in [4.78, 5) is 50.0. The van der Waals surface area contributed by atoms with E-state index in [1.807, 2.05) is 60.0 Å². The van der Waals surface area contributed by atoms with E-state index in [0.29, 0.717) is 44.1 Å². The van der Waals surface area contributed by atoms with Crippen LogP contribution in [0, 0.1) is 11.8 Å². The lowest BCUT2D eigenvalue weighted by Gasteiger charge is -2.31. The van der Waals surface area contributed by atoms with Crippen molar-refractivity contribution in [1.82, 2.24) is 25.9 Å². The summed E-state index contributed by atoms with van der Waals surface area (Å²) in [6.45, 7) is 1.51. The molecule has 1 unspecified atom stereocenters. The molecule has 49 heavy (non-hydrogen) atoms. The van der Waals surface area contributed by atoms with E-state index < -0.39 is 30.2 Å². The van der Waals surface area contributed by atoms with Crippen LogP contribution >= 0.6 is 11.3 Å². The first-order chi connectivity index (χ1) is 23.9. The summed E-state index contributed by atoms with van der Waals surface area (Å²) >= 11 is 1.46. The summed E-state index contributed by atoms with van der Waals surface area (Å²) in [5.74, 6) is -1.24. The minimum Gasteiger partial charge on any atom is -0.385 e. The summed E-state index contributed by atoms with van der Waals surface area (Å²) in [7, 11) is 0. The average molecular weight is 686 g/mol. The number of amides is 2. The topological polar surface area (TPSA) is 145 Å². The number of hydrogen-bond donors (Lipinski definition) is 5. The van der Waals surface area contributed by atoms with Gasteiger partial charge in [0.2, 0.25) is 11.8 Å². The van der Waals surface area contributed by atoms with Crippen LogP contribution in [0.15, 0.2) is 72.5 Å². The van der Waals surface area contributed by atoms with E-state index in [-0.39, 0.29) is 30.4 Å². The molecular formula is C38H47N5O5S. The molecule has 5 N–H and O–H groups in total. The number of aromatic amines is 1. The number of nitrogens with zero attached hydrogens (tertiary/aromatic N) is 1. The number of thiophene rings is 1. The fraction of sp³-hybridized carbons (Fsp3) is 0.474. The predicted octanol–water partition coefficient (Wildman–Crippen LogP) is 4.65. The van der Waals surface area contributed by atoms with Crippen molar-refractivity contribution < 1.29 is 24.2 Å². The summed E-state index contributed by atoms with van der Waals surface area (Å²) < 4.78 is 5.75. The van der Waals surface area contributed by atoms with E-state index in [4.69, 9.17) is 4.74 Å². The van der Waals surface area contributed by atoms with Crippen LogP contribution in [0.1, 0.15) is 67.2 Å². The van der Waals surface area contributed by atoms with Crippen molar-refractivity contribution in [2.75, 3.05) is 19.7 Å². The molecule has 2 aliphatic rings. The van der Waals surface area contributed by atoms with Crippen molar-refractivity contribution in [3.8, 4) is 0 Å². The Morgan fingerprint density at radius 2 is 1.82 bits per heavy atom. The molecule has 1 aliphatic heterocycles. The third kappa shape index (κ3) is 9.42. The van der Waals surface area contributed by atoms with Crippen LogP contribution in [0.25, 0.3) is 10.8 Å². The Labute approximate surface area is 291 Å². The molecule has 2 amide bonds. The van der Waals surface area contributed by atoms with E-state index in [9.17, 15) is 19.5 Å². The molecule has 260 valence electrons. The Morgan fingerprint density at radius 3 is 2.57 bits per heavy atom. The van der Waals surface area contributed by atoms with E-state index in [2.05, 4.69) is 25.9 Å². The number of morpholine rings is 1. The van der Waals surface area contributed by atoms with Gasteiger partial charge >= 0.3 is 0 Å². The molecular weight excluding hydrogens is 639 g/mol. The van der Waals surface area contributed by atoms with Crippen LogP contribution < -0.4 is 16.0 Å². The number of carbonyl (C=O) groups is 3. The summed E-state index contributed by atoms with van der Waals surface area (Å²) in [5.41, 5.74) is 1.64. The molecule has 5 atom stereocenters. The first-order valence-electron chi connectivity index (χ1n) is 17.6. The fourth-order valence-corrected chi connectivity index (χ4v) is 8.02. The van der Waals surface area contributed by atoms with Gasteiger partial charge in [-0.25, -0.2) is 4.98 Å². The molecule has 2 aromatic carbocycles. The maximum absolute atomic E-state index is 14.3. The second-order valence-electron chi connectivity index (χ2n) is 13.4. The van der Waals surface area contributed by atoms with Crippen LogP contribution in [-0.2, 0) is 32.0 Å². The molecule has 4 aromatic rings. The van der Waals surface area contributed by atoms with E-state index in [0.717, 1.165) is 46.9 Å². The van der Waals surface area contributed by atoms with Gasteiger partial charge in [0, 0.05) is 48.6 Å². The lowest BCUT2D eigenvalue weighted by atomic mass is 9.83. The SMILES string of the molecule is O=C(C[C@@H](Cc1cccc2ccccc12)C(=O)N[C@@H](Cc1cnc[nH]1)C(=O)N[C@@H](CC1CCCCC1)[C@@H](O)c1cccs1)C1CNCCO1. The zero-order valence-corrected chi connectivity index (χ0v) is 28.6. The number of ketones is 1. The van der Waals surface area contributed by atoms with Gasteiger partial charge in [0.05, 0.1) is 19.0 Å². The molecule has 0 spiro atoms. The average Bonchev–Trinajstić information content (AvgIpc) is 3.87. The first-order valence-corrected chi connectivity index (χ1v) is 18.4. The van der Waals surface area contributed by atoms with Gasteiger partial charge in [-0.3, -0.25) is 14.4 Å². The van der Waals surface area contributed by atoms with Gasteiger partial charge in [-0.15, -0.1) is 11.3 Å². The number of carbonyl (C=O) groups excluding carboxylic acids is 3. The third-order valence-electron chi connectivity index (χ3n) is 9.92. The van der Waals surface area contributed by atoms with Crippen molar-refractivity contribution in [2.24, 2.45) is 11.8 Å². The molecule has 0 radical (unpaired) electrons. The maximum Gasteiger partial charge on any atom is 0.243 e. The Hall–Kier alpha value is -3.90. The maximum atomic E-state index is 14.3. The zero-order valence-electron chi connectivity index (χ0n) is 27.8. The summed E-state index contributed by atoms with van der Waals surface area (Å²) in [6, 6.07) is 16.3. The first kappa shape index (κ1) is 34.9. The molecule has 2 aromatic heterocycles. The Morgan fingerprint density at radius 1 is 0.980 bits per heavy atom. The van der Waals surface area contributed by atoms with Crippen molar-refractivity contribution in [3.63, 3.8) is 0 Å². The van der Waals surface area contributed by atoms with Crippen LogP contribution in [0.5, 0.6) is 0 Å². The summed E-state index contributed by atoms with van der Waals surface area (Å²) in [5, 5.41) is 24.8. The van der Waals surface area contributed by atoms with Crippen LogP contribution in [0.2, 0.25) is 0 Å². The van der Waals surface area contributed by atoms with Crippen molar-refractivity contribution >= 4 is 39.7 Å². The number of ether oxygens (including phenoxy) is 1. The molecule has 11 heteroatoms. The number of benzene rings is 2. The minimum atomic E-state index is -0.963. The second-order valence-corrected chi connectivity index (χ2v) is 14.4. The lowest BCUT2D eigenvalue weighted by molar-refractivity contribution is -0.137. The molecule has 6 rings (SSSR count). The number of H-pyrrole nitrogens is 1. The number of aromatic nitrogens is 2. The smallest absolute Gasteiger partial charge is 0.243 e. The number of aliphatic hydroxyl groups excluding tert-OH is 1. The Balaban J connectivity index is 1.24. The van der Waals surface area contributed by atoms with Crippen LogP contribution in [0.3, 0.4) is 0 Å². The van der Waals surface area contributed by atoms with Gasteiger partial charge in [0.25, 0.3) is 0 Å². The standard InChI is InChI=1S/C38H47N5O5S/c44-33(34-23-39-15-16-48-34)20-28(19-27-12-6-11-26-10-4-5-13-30(26)27)37(46)43-32(21-29-22-40-24-41-29)38(47)42-31(18-25-8-2-1-3-9-25)36(45)35-14-7-17-49-35/h4-7,10-14,17,22,24-25,28,31-32,34,36,39,45H,1-3,8-9,15-16,18-21,23H2,(H,40,41)(H,42,47)(H,43,46)/t28-,31+,32+,34?,36-/m1/s1. The van der Waals surface area contributed by atoms with Gasteiger partial charge in [0.1, 0.15) is 18.2 Å². The van der Waals surface area contributed by atoms with Gasteiger partial charge in [-0.05, 0) is 46.5 Å².